The maximum absolute atomic E-state index is 11.9. The van der Waals surface area contributed by atoms with Gasteiger partial charge in [-0.25, -0.2) is 4.79 Å². The number of carboxylic acid groups (broad SMARTS) is 1. The van der Waals surface area contributed by atoms with E-state index in [0.717, 1.165) is 0 Å². The van der Waals surface area contributed by atoms with Crippen molar-refractivity contribution in [2.75, 3.05) is 0 Å². The minimum Gasteiger partial charge on any atom is -0.480 e. The van der Waals surface area contributed by atoms with Crippen LogP contribution in [0.2, 0.25) is 0 Å². The van der Waals surface area contributed by atoms with Gasteiger partial charge in [-0.2, -0.15) is 0 Å². The molecule has 6 nitrogen and oxygen atoms in total. The molecular formula is C12H18N2O4. The minimum absolute atomic E-state index is 0.105. The third-order valence-corrected chi connectivity index (χ3v) is 2.24. The number of hydrogen-bond acceptors (Lipinski definition) is 3. The van der Waals surface area contributed by atoms with Crippen molar-refractivity contribution >= 4 is 17.8 Å². The van der Waals surface area contributed by atoms with Crippen LogP contribution < -0.4 is 10.6 Å². The van der Waals surface area contributed by atoms with Crippen LogP contribution in [0.25, 0.3) is 0 Å². The van der Waals surface area contributed by atoms with E-state index >= 15 is 0 Å². The van der Waals surface area contributed by atoms with E-state index in [2.05, 4.69) is 16.6 Å². The van der Waals surface area contributed by atoms with Crippen LogP contribution in [-0.2, 0) is 14.4 Å². The minimum atomic E-state index is -1.20. The van der Waals surface area contributed by atoms with Gasteiger partial charge in [-0.3, -0.25) is 9.59 Å². The highest BCUT2D eigenvalue weighted by Crippen LogP contribution is 2.03. The number of carboxylic acids is 1. The highest BCUT2D eigenvalue weighted by atomic mass is 16.4. The molecule has 0 aromatic heterocycles. The quantitative estimate of drug-likeness (QED) is 0.569. The standard InChI is InChI=1S/C12H18N2O4/c1-5-6-9(12(17)18)14-11(16)10(7(2)3)13-8(4)15/h1,7,9-10H,6H2,2-4H3,(H,13,15)(H,14,16)(H,17,18)/t9-,10-/m1/s1. The van der Waals surface area contributed by atoms with Crippen molar-refractivity contribution in [3.63, 3.8) is 0 Å². The third-order valence-electron chi connectivity index (χ3n) is 2.24. The monoisotopic (exact) mass is 254 g/mol. The first-order valence-corrected chi connectivity index (χ1v) is 5.53. The molecule has 2 atom stereocenters. The predicted octanol–water partition coefficient (Wildman–Crippen LogP) is -0.260. The molecule has 0 radical (unpaired) electrons. The predicted molar refractivity (Wildman–Crippen MR) is 65.5 cm³/mol. The van der Waals surface area contributed by atoms with Crippen molar-refractivity contribution in [1.29, 1.82) is 0 Å². The van der Waals surface area contributed by atoms with E-state index in [4.69, 9.17) is 11.5 Å². The Morgan fingerprint density at radius 1 is 1.28 bits per heavy atom. The van der Waals surface area contributed by atoms with E-state index < -0.39 is 24.0 Å². The van der Waals surface area contributed by atoms with Crippen LogP contribution in [0, 0.1) is 18.3 Å². The fraction of sp³-hybridized carbons (Fsp3) is 0.583. The van der Waals surface area contributed by atoms with Crippen LogP contribution in [0.1, 0.15) is 27.2 Å². The summed E-state index contributed by atoms with van der Waals surface area (Å²) in [5.74, 6) is -0.0868. The molecule has 18 heavy (non-hydrogen) atoms. The molecular weight excluding hydrogens is 236 g/mol. The van der Waals surface area contributed by atoms with Crippen LogP contribution in [-0.4, -0.2) is 35.0 Å². The molecule has 0 aliphatic rings. The van der Waals surface area contributed by atoms with Crippen LogP contribution in [0.5, 0.6) is 0 Å². The van der Waals surface area contributed by atoms with E-state index in [1.807, 2.05) is 0 Å². The van der Waals surface area contributed by atoms with Crippen LogP contribution in [0.15, 0.2) is 0 Å². The highest BCUT2D eigenvalue weighted by molar-refractivity contribution is 5.90. The summed E-state index contributed by atoms with van der Waals surface area (Å²) in [6.07, 6.45) is 4.92. The van der Waals surface area contributed by atoms with E-state index in [0.29, 0.717) is 0 Å². The van der Waals surface area contributed by atoms with E-state index in [-0.39, 0.29) is 18.2 Å². The molecule has 6 heteroatoms. The molecule has 0 rings (SSSR count). The summed E-state index contributed by atoms with van der Waals surface area (Å²) < 4.78 is 0. The summed E-state index contributed by atoms with van der Waals surface area (Å²) in [5.41, 5.74) is 0. The Hall–Kier alpha value is -2.03. The Labute approximate surface area is 106 Å². The Balaban J connectivity index is 4.72. The van der Waals surface area contributed by atoms with Gasteiger partial charge < -0.3 is 15.7 Å². The van der Waals surface area contributed by atoms with Gasteiger partial charge in [-0.1, -0.05) is 13.8 Å². The zero-order valence-electron chi connectivity index (χ0n) is 10.7. The Morgan fingerprint density at radius 2 is 1.83 bits per heavy atom. The Kier molecular flexibility index (Phi) is 6.50. The summed E-state index contributed by atoms with van der Waals surface area (Å²) in [6, 6.07) is -1.92. The lowest BCUT2D eigenvalue weighted by Crippen LogP contribution is -2.53. The van der Waals surface area contributed by atoms with Crippen molar-refractivity contribution in [3.05, 3.63) is 0 Å². The van der Waals surface area contributed by atoms with Crippen molar-refractivity contribution < 1.29 is 19.5 Å². The number of rotatable bonds is 6. The number of hydrogen-bond donors (Lipinski definition) is 3. The van der Waals surface area contributed by atoms with Crippen molar-refractivity contribution in [3.8, 4) is 12.3 Å². The van der Waals surface area contributed by atoms with E-state index in [1.165, 1.54) is 6.92 Å². The summed E-state index contributed by atoms with van der Waals surface area (Å²) in [7, 11) is 0. The highest BCUT2D eigenvalue weighted by Gasteiger charge is 2.27. The molecule has 100 valence electrons. The van der Waals surface area contributed by atoms with E-state index in [9.17, 15) is 14.4 Å². The molecule has 0 aliphatic carbocycles. The Morgan fingerprint density at radius 3 is 2.17 bits per heavy atom. The van der Waals surface area contributed by atoms with Crippen LogP contribution in [0.4, 0.5) is 0 Å². The summed E-state index contributed by atoms with van der Waals surface area (Å²) in [4.78, 5) is 33.7. The van der Waals surface area contributed by atoms with Gasteiger partial charge in [0, 0.05) is 13.3 Å². The van der Waals surface area contributed by atoms with Gasteiger partial charge in [0.2, 0.25) is 11.8 Å². The van der Waals surface area contributed by atoms with Gasteiger partial charge in [0.25, 0.3) is 0 Å². The number of terminal acetylenes is 1. The zero-order chi connectivity index (χ0) is 14.3. The SMILES string of the molecule is C#CC[C@@H](NC(=O)[C@H](NC(C)=O)C(C)C)C(=O)O. The maximum atomic E-state index is 11.9. The first-order chi connectivity index (χ1) is 8.29. The second kappa shape index (κ2) is 7.33. The molecule has 2 amide bonds. The number of nitrogens with one attached hydrogen (secondary N) is 2. The number of amides is 2. The molecule has 3 N–H and O–H groups in total. The second-order valence-corrected chi connectivity index (χ2v) is 4.23. The number of carbonyl (C=O) groups is 3. The molecule has 0 aromatic carbocycles. The molecule has 0 bridgehead atoms. The maximum Gasteiger partial charge on any atom is 0.327 e. The average Bonchev–Trinajstić information content (AvgIpc) is 2.24. The Bertz CT molecular complexity index is 371. The zero-order valence-corrected chi connectivity index (χ0v) is 10.7. The number of aliphatic carboxylic acids is 1. The molecule has 0 heterocycles. The van der Waals surface area contributed by atoms with Gasteiger partial charge in [0.05, 0.1) is 0 Å². The molecule has 0 aliphatic heterocycles. The van der Waals surface area contributed by atoms with Gasteiger partial charge in [0.15, 0.2) is 0 Å². The smallest absolute Gasteiger partial charge is 0.327 e. The van der Waals surface area contributed by atoms with Crippen LogP contribution >= 0.6 is 0 Å². The summed E-state index contributed by atoms with van der Waals surface area (Å²) >= 11 is 0. The largest absolute Gasteiger partial charge is 0.480 e. The van der Waals surface area contributed by atoms with Crippen LogP contribution in [0.3, 0.4) is 0 Å². The fourth-order valence-corrected chi connectivity index (χ4v) is 1.33. The third kappa shape index (κ3) is 5.34. The van der Waals surface area contributed by atoms with Crippen molar-refractivity contribution in [2.45, 2.75) is 39.3 Å². The lowest BCUT2D eigenvalue weighted by Gasteiger charge is -2.22. The molecule has 0 unspecified atom stereocenters. The topological polar surface area (TPSA) is 95.5 Å². The van der Waals surface area contributed by atoms with E-state index in [1.54, 1.807) is 13.8 Å². The van der Waals surface area contributed by atoms with Gasteiger partial charge in [0.1, 0.15) is 12.1 Å². The first-order valence-electron chi connectivity index (χ1n) is 5.53. The van der Waals surface area contributed by atoms with Gasteiger partial charge in [-0.05, 0) is 5.92 Å². The fourth-order valence-electron chi connectivity index (χ4n) is 1.33. The molecule has 0 saturated heterocycles. The van der Waals surface area contributed by atoms with Crippen molar-refractivity contribution in [2.24, 2.45) is 5.92 Å². The number of carbonyl (C=O) groups excluding carboxylic acids is 2. The van der Waals surface area contributed by atoms with Gasteiger partial charge >= 0.3 is 5.97 Å². The lowest BCUT2D eigenvalue weighted by molar-refractivity contribution is -0.142. The summed E-state index contributed by atoms with van der Waals surface area (Å²) in [5, 5.41) is 13.6. The van der Waals surface area contributed by atoms with Crippen molar-refractivity contribution in [1.82, 2.24) is 10.6 Å². The lowest BCUT2D eigenvalue weighted by atomic mass is 10.0. The molecule has 0 aromatic rings. The normalized spacial score (nSPS) is 13.3. The first kappa shape index (κ1) is 16.0. The average molecular weight is 254 g/mol. The molecule has 0 spiro atoms. The van der Waals surface area contributed by atoms with Gasteiger partial charge in [-0.15, -0.1) is 12.3 Å². The second-order valence-electron chi connectivity index (χ2n) is 4.23. The molecule has 0 saturated carbocycles. The molecule has 0 fully saturated rings. The summed E-state index contributed by atoms with van der Waals surface area (Å²) in [6.45, 7) is 4.78.